The zero-order valence-corrected chi connectivity index (χ0v) is 11.1. The lowest BCUT2D eigenvalue weighted by atomic mass is 10.00. The molecule has 1 atom stereocenters. The van der Waals surface area contributed by atoms with Gasteiger partial charge in [-0.05, 0) is 43.5 Å². The lowest BCUT2D eigenvalue weighted by Crippen LogP contribution is -2.25. The quantitative estimate of drug-likeness (QED) is 0.865. The van der Waals surface area contributed by atoms with Gasteiger partial charge >= 0.3 is 0 Å². The summed E-state index contributed by atoms with van der Waals surface area (Å²) in [5, 5.41) is 3.35. The van der Waals surface area contributed by atoms with Crippen molar-refractivity contribution in [2.75, 3.05) is 21.3 Å². The van der Waals surface area contributed by atoms with Crippen molar-refractivity contribution in [3.05, 3.63) is 22.8 Å². The highest BCUT2D eigenvalue weighted by molar-refractivity contribution is 5.57. The van der Waals surface area contributed by atoms with Gasteiger partial charge in [-0.25, -0.2) is 0 Å². The number of rotatable bonds is 4. The van der Waals surface area contributed by atoms with Crippen LogP contribution in [0.1, 0.15) is 23.6 Å². The number of methoxy groups -OCH3 is 2. The van der Waals surface area contributed by atoms with Crippen LogP contribution in [0.15, 0.2) is 6.07 Å². The smallest absolute Gasteiger partial charge is 0.164 e. The van der Waals surface area contributed by atoms with Crippen molar-refractivity contribution in [2.24, 2.45) is 0 Å². The second kappa shape index (κ2) is 4.96. The Labute approximate surface area is 103 Å². The van der Waals surface area contributed by atoms with Crippen LogP contribution in [0.3, 0.4) is 0 Å². The molecule has 0 spiro atoms. The fourth-order valence-electron chi connectivity index (χ4n) is 2.72. The molecule has 17 heavy (non-hydrogen) atoms. The van der Waals surface area contributed by atoms with Crippen molar-refractivity contribution < 1.29 is 9.47 Å². The van der Waals surface area contributed by atoms with E-state index >= 15 is 0 Å². The molecule has 0 saturated carbocycles. The van der Waals surface area contributed by atoms with Gasteiger partial charge in [0.25, 0.3) is 0 Å². The van der Waals surface area contributed by atoms with Crippen LogP contribution < -0.4 is 14.8 Å². The number of aryl methyl sites for hydroxylation is 1. The van der Waals surface area contributed by atoms with Crippen LogP contribution in [0.4, 0.5) is 0 Å². The summed E-state index contributed by atoms with van der Waals surface area (Å²) < 4.78 is 10.9. The van der Waals surface area contributed by atoms with Gasteiger partial charge in [0, 0.05) is 11.6 Å². The highest BCUT2D eigenvalue weighted by Crippen LogP contribution is 2.40. The van der Waals surface area contributed by atoms with Gasteiger partial charge in [-0.2, -0.15) is 0 Å². The lowest BCUT2D eigenvalue weighted by molar-refractivity contribution is 0.351. The zero-order valence-electron chi connectivity index (χ0n) is 11.1. The van der Waals surface area contributed by atoms with E-state index in [1.165, 1.54) is 16.7 Å². The molecule has 0 bridgehead atoms. The topological polar surface area (TPSA) is 30.5 Å². The molecule has 1 aromatic carbocycles. The molecule has 1 aliphatic carbocycles. The number of benzene rings is 1. The summed E-state index contributed by atoms with van der Waals surface area (Å²) in [6.45, 7) is 2.19. The Balaban J connectivity index is 2.53. The van der Waals surface area contributed by atoms with Crippen LogP contribution in [0.5, 0.6) is 11.5 Å². The summed E-state index contributed by atoms with van der Waals surface area (Å²) in [6, 6.07) is 2.65. The predicted octanol–water partition coefficient (Wildman–Crippen LogP) is 1.95. The standard InChI is InChI=1S/C14H21NO2/c1-5-9-6-13(16-3)14(17-4)12-8-10(15-2)7-11(9)12/h6,10,15H,5,7-8H2,1-4H3. The minimum absolute atomic E-state index is 0.524. The normalized spacial score (nSPS) is 18.0. The molecule has 0 amide bonds. The Morgan fingerprint density at radius 2 is 1.94 bits per heavy atom. The molecule has 1 N–H and O–H groups in total. The van der Waals surface area contributed by atoms with Gasteiger partial charge in [-0.15, -0.1) is 0 Å². The van der Waals surface area contributed by atoms with Gasteiger partial charge < -0.3 is 14.8 Å². The summed E-state index contributed by atoms with van der Waals surface area (Å²) in [5.74, 6) is 1.78. The molecule has 0 aromatic heterocycles. The summed E-state index contributed by atoms with van der Waals surface area (Å²) in [5.41, 5.74) is 4.16. The molecule has 3 heteroatoms. The third-order valence-corrected chi connectivity index (χ3v) is 3.67. The van der Waals surface area contributed by atoms with E-state index in [4.69, 9.17) is 9.47 Å². The molecule has 1 aromatic rings. The van der Waals surface area contributed by atoms with Crippen LogP contribution in [0.25, 0.3) is 0 Å². The summed E-state index contributed by atoms with van der Waals surface area (Å²) >= 11 is 0. The first-order valence-electron chi connectivity index (χ1n) is 6.18. The van der Waals surface area contributed by atoms with Crippen molar-refractivity contribution in [2.45, 2.75) is 32.2 Å². The van der Waals surface area contributed by atoms with Gasteiger partial charge in [0.2, 0.25) is 0 Å². The largest absolute Gasteiger partial charge is 0.493 e. The molecule has 1 aliphatic rings. The van der Waals surface area contributed by atoms with Crippen molar-refractivity contribution in [3.8, 4) is 11.5 Å². The summed E-state index contributed by atoms with van der Waals surface area (Å²) in [7, 11) is 5.44. The van der Waals surface area contributed by atoms with Crippen LogP contribution in [0.2, 0.25) is 0 Å². The highest BCUT2D eigenvalue weighted by Gasteiger charge is 2.27. The molecule has 2 rings (SSSR count). The Kier molecular flexibility index (Phi) is 3.57. The van der Waals surface area contributed by atoms with Crippen LogP contribution in [-0.2, 0) is 19.3 Å². The highest BCUT2D eigenvalue weighted by atomic mass is 16.5. The first-order chi connectivity index (χ1) is 8.24. The third-order valence-electron chi connectivity index (χ3n) is 3.67. The number of likely N-dealkylation sites (N-methyl/N-ethyl adjacent to an activating group) is 1. The molecule has 1 unspecified atom stereocenters. The molecular weight excluding hydrogens is 214 g/mol. The third kappa shape index (κ3) is 2.00. The van der Waals surface area contributed by atoms with Crippen molar-refractivity contribution in [3.63, 3.8) is 0 Å². The van der Waals surface area contributed by atoms with Gasteiger partial charge in [-0.1, -0.05) is 6.92 Å². The van der Waals surface area contributed by atoms with Crippen molar-refractivity contribution in [1.29, 1.82) is 0 Å². The minimum atomic E-state index is 0.524. The van der Waals surface area contributed by atoms with Gasteiger partial charge in [-0.3, -0.25) is 0 Å². The molecule has 0 saturated heterocycles. The Morgan fingerprint density at radius 3 is 2.47 bits per heavy atom. The van der Waals surface area contributed by atoms with E-state index in [2.05, 4.69) is 18.3 Å². The average molecular weight is 235 g/mol. The monoisotopic (exact) mass is 235 g/mol. The molecule has 0 heterocycles. The van der Waals surface area contributed by atoms with Crippen LogP contribution in [0, 0.1) is 0 Å². The van der Waals surface area contributed by atoms with Gasteiger partial charge in [0.15, 0.2) is 11.5 Å². The Bertz CT molecular complexity index is 415. The van der Waals surface area contributed by atoms with Gasteiger partial charge in [0.1, 0.15) is 0 Å². The van der Waals surface area contributed by atoms with Gasteiger partial charge in [0.05, 0.1) is 14.2 Å². The average Bonchev–Trinajstić information content (AvgIpc) is 2.80. The fourth-order valence-corrected chi connectivity index (χ4v) is 2.72. The fraction of sp³-hybridized carbons (Fsp3) is 0.571. The van der Waals surface area contributed by atoms with E-state index in [-0.39, 0.29) is 0 Å². The first kappa shape index (κ1) is 12.2. The molecule has 0 radical (unpaired) electrons. The van der Waals surface area contributed by atoms with Crippen molar-refractivity contribution >= 4 is 0 Å². The summed E-state index contributed by atoms with van der Waals surface area (Å²) in [4.78, 5) is 0. The van der Waals surface area contributed by atoms with E-state index in [0.29, 0.717) is 6.04 Å². The number of hydrogen-bond acceptors (Lipinski definition) is 3. The van der Waals surface area contributed by atoms with E-state index in [9.17, 15) is 0 Å². The lowest BCUT2D eigenvalue weighted by Gasteiger charge is -2.15. The van der Waals surface area contributed by atoms with E-state index in [0.717, 1.165) is 30.8 Å². The maximum Gasteiger partial charge on any atom is 0.164 e. The van der Waals surface area contributed by atoms with E-state index < -0.39 is 0 Å². The Morgan fingerprint density at radius 1 is 1.24 bits per heavy atom. The molecule has 0 fully saturated rings. The predicted molar refractivity (Wildman–Crippen MR) is 69.2 cm³/mol. The maximum atomic E-state index is 5.52. The molecule has 0 aliphatic heterocycles. The maximum absolute atomic E-state index is 5.52. The molecule has 3 nitrogen and oxygen atoms in total. The number of ether oxygens (including phenoxy) is 2. The van der Waals surface area contributed by atoms with Crippen molar-refractivity contribution in [1.82, 2.24) is 5.32 Å². The number of fused-ring (bicyclic) bond motifs is 1. The first-order valence-corrected chi connectivity index (χ1v) is 6.18. The molecular formula is C14H21NO2. The summed E-state index contributed by atoms with van der Waals surface area (Å²) in [6.07, 6.45) is 3.16. The Hall–Kier alpha value is -1.22. The number of nitrogens with one attached hydrogen (secondary N) is 1. The SMILES string of the molecule is CCc1cc(OC)c(OC)c2c1CC(NC)C2. The minimum Gasteiger partial charge on any atom is -0.493 e. The zero-order chi connectivity index (χ0) is 12.4. The van der Waals surface area contributed by atoms with E-state index in [1.807, 2.05) is 7.05 Å². The second-order valence-corrected chi connectivity index (χ2v) is 4.48. The molecule has 94 valence electrons. The van der Waals surface area contributed by atoms with E-state index in [1.54, 1.807) is 14.2 Å². The second-order valence-electron chi connectivity index (χ2n) is 4.48. The van der Waals surface area contributed by atoms with Crippen LogP contribution >= 0.6 is 0 Å². The van der Waals surface area contributed by atoms with Crippen LogP contribution in [-0.4, -0.2) is 27.3 Å². The number of hydrogen-bond donors (Lipinski definition) is 1.